The third-order valence-electron chi connectivity index (χ3n) is 3.88. The number of nitrogens with zero attached hydrogens (tertiary/aromatic N) is 4. The van der Waals surface area contributed by atoms with E-state index >= 15 is 0 Å². The Labute approximate surface area is 158 Å². The number of nitrogens with one attached hydrogen (secondary N) is 1. The zero-order valence-electron chi connectivity index (χ0n) is 14.6. The molecule has 0 fully saturated rings. The molecule has 3 aromatic rings. The van der Waals surface area contributed by atoms with Gasteiger partial charge in [-0.2, -0.15) is 10.4 Å². The quantitative estimate of drug-likeness (QED) is 0.551. The number of hydrogen-bond acceptors (Lipinski definition) is 6. The van der Waals surface area contributed by atoms with Gasteiger partial charge < -0.3 is 5.32 Å². The second-order valence-electron chi connectivity index (χ2n) is 5.80. The Morgan fingerprint density at radius 3 is 2.68 bits per heavy atom. The predicted octanol–water partition coefficient (Wildman–Crippen LogP) is 2.57. The summed E-state index contributed by atoms with van der Waals surface area (Å²) in [5.74, 6) is -0.785. The molecule has 2 aromatic carbocycles. The van der Waals surface area contributed by atoms with Gasteiger partial charge in [0.25, 0.3) is 11.6 Å². The molecule has 0 atom stereocenters. The minimum absolute atomic E-state index is 0.130. The summed E-state index contributed by atoms with van der Waals surface area (Å²) < 4.78 is 1.18. The van der Waals surface area contributed by atoms with Crippen LogP contribution in [-0.4, -0.2) is 20.6 Å². The number of nitriles is 1. The first-order valence-corrected chi connectivity index (χ1v) is 8.07. The number of nitro benzene ring substituents is 1. The zero-order chi connectivity index (χ0) is 20.3. The molecule has 0 unspecified atom stereocenters. The molecule has 0 aliphatic carbocycles. The number of carbonyl (C=O) groups is 1. The van der Waals surface area contributed by atoms with Crippen LogP contribution in [0.5, 0.6) is 0 Å². The molecular weight excluding hydrogens is 362 g/mol. The lowest BCUT2D eigenvalue weighted by Crippen LogP contribution is -2.27. The number of anilines is 1. The van der Waals surface area contributed by atoms with Gasteiger partial charge in [-0.1, -0.05) is 18.2 Å². The Balaban J connectivity index is 2.05. The summed E-state index contributed by atoms with van der Waals surface area (Å²) in [5, 5.41) is 26.8. The number of rotatable bonds is 4. The van der Waals surface area contributed by atoms with Crippen LogP contribution in [0.25, 0.3) is 5.69 Å². The second kappa shape index (κ2) is 7.51. The molecule has 3 rings (SSSR count). The number of aryl methyl sites for hydroxylation is 1. The first-order chi connectivity index (χ1) is 13.4. The maximum Gasteiger partial charge on any atom is 0.294 e. The number of aromatic nitrogens is 2. The molecule has 1 aromatic heterocycles. The smallest absolute Gasteiger partial charge is 0.294 e. The Kier molecular flexibility index (Phi) is 4.95. The summed E-state index contributed by atoms with van der Waals surface area (Å²) in [4.78, 5) is 35.5. The lowest BCUT2D eigenvalue weighted by molar-refractivity contribution is -0.384. The Morgan fingerprint density at radius 1 is 1.21 bits per heavy atom. The van der Waals surface area contributed by atoms with Crippen molar-refractivity contribution in [2.24, 2.45) is 0 Å². The molecule has 9 nitrogen and oxygen atoms in total. The number of carbonyl (C=O) groups excluding carboxylic acids is 1. The lowest BCUT2D eigenvalue weighted by atomic mass is 10.2. The summed E-state index contributed by atoms with van der Waals surface area (Å²) >= 11 is 0. The third kappa shape index (κ3) is 3.61. The van der Waals surface area contributed by atoms with Crippen LogP contribution in [0.4, 0.5) is 11.4 Å². The van der Waals surface area contributed by atoms with E-state index < -0.39 is 22.0 Å². The Hall–Kier alpha value is -4.32. The van der Waals surface area contributed by atoms with Crippen LogP contribution in [0, 0.1) is 28.4 Å². The highest BCUT2D eigenvalue weighted by Crippen LogP contribution is 2.22. The number of amides is 1. The van der Waals surface area contributed by atoms with Gasteiger partial charge in [0, 0.05) is 23.5 Å². The second-order valence-corrected chi connectivity index (χ2v) is 5.80. The average Bonchev–Trinajstić information content (AvgIpc) is 2.68. The van der Waals surface area contributed by atoms with Crippen LogP contribution < -0.4 is 10.7 Å². The Morgan fingerprint density at radius 2 is 1.96 bits per heavy atom. The highest BCUT2D eigenvalue weighted by molar-refractivity contribution is 6.02. The first-order valence-electron chi connectivity index (χ1n) is 8.07. The first kappa shape index (κ1) is 18.5. The van der Waals surface area contributed by atoms with E-state index in [2.05, 4.69) is 10.4 Å². The van der Waals surface area contributed by atoms with Gasteiger partial charge in [-0.15, -0.1) is 0 Å². The monoisotopic (exact) mass is 375 g/mol. The standard InChI is InChI=1S/C19H13N5O4/c1-12-9-17(25)18(19(26)21-14-6-4-5-13(10-14)11-20)22-23(12)15-7-2-3-8-16(15)24(27)28/h2-10H,1H3,(H,21,26). The van der Waals surface area contributed by atoms with Crippen LogP contribution in [0.15, 0.2) is 59.4 Å². The molecule has 0 bridgehead atoms. The number of nitro groups is 1. The van der Waals surface area contributed by atoms with Crippen LogP contribution in [-0.2, 0) is 0 Å². The normalized spacial score (nSPS) is 10.1. The highest BCUT2D eigenvalue weighted by Gasteiger charge is 2.20. The van der Waals surface area contributed by atoms with E-state index in [1.165, 1.54) is 35.0 Å². The van der Waals surface area contributed by atoms with Crippen molar-refractivity contribution >= 4 is 17.3 Å². The van der Waals surface area contributed by atoms with Crippen LogP contribution in [0.3, 0.4) is 0 Å². The fourth-order valence-corrected chi connectivity index (χ4v) is 2.60. The van der Waals surface area contributed by atoms with E-state index in [1.54, 1.807) is 31.2 Å². The van der Waals surface area contributed by atoms with Gasteiger partial charge in [-0.05, 0) is 31.2 Å². The lowest BCUT2D eigenvalue weighted by Gasteiger charge is -2.11. The molecule has 9 heteroatoms. The zero-order valence-corrected chi connectivity index (χ0v) is 14.6. The minimum Gasteiger partial charge on any atom is -0.320 e. The van der Waals surface area contributed by atoms with E-state index in [4.69, 9.17) is 5.26 Å². The largest absolute Gasteiger partial charge is 0.320 e. The molecule has 1 heterocycles. The van der Waals surface area contributed by atoms with Crippen LogP contribution in [0.1, 0.15) is 21.7 Å². The van der Waals surface area contributed by atoms with Gasteiger partial charge in [0.2, 0.25) is 5.43 Å². The van der Waals surface area contributed by atoms with Crippen molar-refractivity contribution in [3.63, 3.8) is 0 Å². The van der Waals surface area contributed by atoms with Crippen molar-refractivity contribution in [1.82, 2.24) is 9.78 Å². The molecule has 0 aliphatic rings. The number of para-hydroxylation sites is 2. The topological polar surface area (TPSA) is 131 Å². The molecule has 0 saturated carbocycles. The van der Waals surface area contributed by atoms with Crippen molar-refractivity contribution in [2.45, 2.75) is 6.92 Å². The van der Waals surface area contributed by atoms with Gasteiger partial charge >= 0.3 is 0 Å². The highest BCUT2D eigenvalue weighted by atomic mass is 16.6. The van der Waals surface area contributed by atoms with Crippen LogP contribution >= 0.6 is 0 Å². The van der Waals surface area contributed by atoms with Gasteiger partial charge in [-0.25, -0.2) is 4.68 Å². The van der Waals surface area contributed by atoms with Gasteiger partial charge in [0.05, 0.1) is 16.6 Å². The molecule has 0 spiro atoms. The fraction of sp³-hybridized carbons (Fsp3) is 0.0526. The molecule has 0 aliphatic heterocycles. The van der Waals surface area contributed by atoms with Crippen molar-refractivity contribution < 1.29 is 9.72 Å². The van der Waals surface area contributed by atoms with E-state index in [9.17, 15) is 19.7 Å². The van der Waals surface area contributed by atoms with Crippen molar-refractivity contribution in [2.75, 3.05) is 5.32 Å². The van der Waals surface area contributed by atoms with E-state index in [0.29, 0.717) is 16.9 Å². The molecule has 138 valence electrons. The van der Waals surface area contributed by atoms with Crippen molar-refractivity contribution in [3.8, 4) is 11.8 Å². The Bertz CT molecular complexity index is 1190. The molecule has 1 amide bonds. The molecule has 0 saturated heterocycles. The van der Waals surface area contributed by atoms with Gasteiger partial charge in [-0.3, -0.25) is 19.7 Å². The summed E-state index contributed by atoms with van der Waals surface area (Å²) in [6.07, 6.45) is 0. The van der Waals surface area contributed by atoms with Crippen molar-refractivity contribution in [1.29, 1.82) is 5.26 Å². The van der Waals surface area contributed by atoms with E-state index in [0.717, 1.165) is 0 Å². The number of benzene rings is 2. The van der Waals surface area contributed by atoms with E-state index in [1.807, 2.05) is 6.07 Å². The molecule has 28 heavy (non-hydrogen) atoms. The average molecular weight is 375 g/mol. The van der Waals surface area contributed by atoms with Crippen LogP contribution in [0.2, 0.25) is 0 Å². The SMILES string of the molecule is Cc1cc(=O)c(C(=O)Nc2cccc(C#N)c2)nn1-c1ccccc1[N+](=O)[O-]. The van der Waals surface area contributed by atoms with E-state index in [-0.39, 0.29) is 11.4 Å². The predicted molar refractivity (Wildman–Crippen MR) is 100 cm³/mol. The maximum absolute atomic E-state index is 12.5. The fourth-order valence-electron chi connectivity index (χ4n) is 2.60. The minimum atomic E-state index is -0.785. The number of hydrogen-bond donors (Lipinski definition) is 1. The summed E-state index contributed by atoms with van der Waals surface area (Å²) in [5.41, 5.74) is -0.134. The summed E-state index contributed by atoms with van der Waals surface area (Å²) in [6.45, 7) is 1.56. The molecule has 0 radical (unpaired) electrons. The maximum atomic E-state index is 12.5. The summed E-state index contributed by atoms with van der Waals surface area (Å²) in [6, 6.07) is 15.2. The van der Waals surface area contributed by atoms with Gasteiger partial charge in [0.15, 0.2) is 5.69 Å². The van der Waals surface area contributed by atoms with Gasteiger partial charge in [0.1, 0.15) is 5.69 Å². The molecule has 1 N–H and O–H groups in total. The summed E-state index contributed by atoms with van der Waals surface area (Å²) in [7, 11) is 0. The third-order valence-corrected chi connectivity index (χ3v) is 3.88. The molecular formula is C19H13N5O4. The van der Waals surface area contributed by atoms with Crippen molar-refractivity contribution in [3.05, 3.63) is 91.9 Å².